The molecule has 0 radical (unpaired) electrons. The van der Waals surface area contributed by atoms with Crippen molar-refractivity contribution in [3.05, 3.63) is 65.7 Å². The van der Waals surface area contributed by atoms with E-state index in [1.54, 1.807) is 13.2 Å². The maximum Gasteiger partial charge on any atom is 0.163 e. The highest BCUT2D eigenvalue weighted by Crippen LogP contribution is 2.34. The first kappa shape index (κ1) is 20.3. The van der Waals surface area contributed by atoms with Gasteiger partial charge in [0, 0.05) is 28.9 Å². The number of methoxy groups -OCH3 is 1. The molecule has 0 saturated carbocycles. The maximum atomic E-state index is 10.2. The Hall–Kier alpha value is -2.93. The highest BCUT2D eigenvalue weighted by Gasteiger charge is 2.11. The van der Waals surface area contributed by atoms with Crippen molar-refractivity contribution in [1.29, 1.82) is 0 Å². The van der Waals surface area contributed by atoms with Crippen LogP contribution in [0, 0.1) is 0 Å². The molecule has 30 heavy (non-hydrogen) atoms. The van der Waals surface area contributed by atoms with Crippen molar-refractivity contribution in [3.63, 3.8) is 0 Å². The normalized spacial score (nSPS) is 12.2. The van der Waals surface area contributed by atoms with Crippen molar-refractivity contribution < 1.29 is 19.3 Å². The van der Waals surface area contributed by atoms with E-state index in [0.717, 1.165) is 21.8 Å². The van der Waals surface area contributed by atoms with Gasteiger partial charge in [0.25, 0.3) is 0 Å². The molecule has 1 aromatic heterocycles. The van der Waals surface area contributed by atoms with E-state index in [1.165, 1.54) is 0 Å². The van der Waals surface area contributed by atoms with Crippen LogP contribution in [-0.2, 0) is 0 Å². The fourth-order valence-electron chi connectivity index (χ4n) is 3.31. The number of aliphatic hydroxyl groups is 1. The zero-order chi connectivity index (χ0) is 20.9. The Labute approximate surface area is 179 Å². The fourth-order valence-corrected chi connectivity index (χ4v) is 3.57. The number of H-pyrrole nitrogens is 1. The van der Waals surface area contributed by atoms with Crippen molar-refractivity contribution in [3.8, 4) is 17.2 Å². The van der Waals surface area contributed by atoms with Crippen molar-refractivity contribution >= 4 is 33.4 Å². The number of fused-ring (bicyclic) bond motifs is 3. The number of para-hydroxylation sites is 3. The summed E-state index contributed by atoms with van der Waals surface area (Å²) in [5.74, 6) is 1.91. The summed E-state index contributed by atoms with van der Waals surface area (Å²) in [7, 11) is 1.59. The summed E-state index contributed by atoms with van der Waals surface area (Å²) in [6.45, 7) is 0.689. The van der Waals surface area contributed by atoms with Gasteiger partial charge in [-0.2, -0.15) is 0 Å². The second-order valence-electron chi connectivity index (χ2n) is 6.86. The molecular weight excluding hydrogens is 404 g/mol. The van der Waals surface area contributed by atoms with Crippen molar-refractivity contribution in [2.24, 2.45) is 0 Å². The molecule has 4 rings (SSSR count). The molecule has 1 heterocycles. The number of aliphatic hydroxyl groups excluding tert-OH is 1. The van der Waals surface area contributed by atoms with E-state index in [0.29, 0.717) is 28.8 Å². The van der Waals surface area contributed by atoms with Crippen LogP contribution in [-0.4, -0.2) is 43.2 Å². The van der Waals surface area contributed by atoms with Gasteiger partial charge in [-0.15, -0.1) is 0 Å². The molecular formula is C23H23ClN2O4. The molecule has 0 bridgehead atoms. The van der Waals surface area contributed by atoms with Crippen LogP contribution < -0.4 is 19.5 Å². The third kappa shape index (κ3) is 4.46. The van der Waals surface area contributed by atoms with Crippen molar-refractivity contribution in [2.45, 2.75) is 6.10 Å². The number of nitrogens with one attached hydrogen (secondary N) is 2. The smallest absolute Gasteiger partial charge is 0.163 e. The van der Waals surface area contributed by atoms with Gasteiger partial charge in [-0.1, -0.05) is 41.9 Å². The lowest BCUT2D eigenvalue weighted by Gasteiger charge is -2.15. The van der Waals surface area contributed by atoms with Crippen LogP contribution >= 0.6 is 11.6 Å². The van der Waals surface area contributed by atoms with E-state index in [4.69, 9.17) is 25.8 Å². The van der Waals surface area contributed by atoms with Crippen LogP contribution in [0.4, 0.5) is 0 Å². The molecule has 6 nitrogen and oxygen atoms in total. The molecule has 0 aliphatic carbocycles. The average molecular weight is 427 g/mol. The molecule has 0 saturated heterocycles. The number of hydrogen-bond acceptors (Lipinski definition) is 5. The lowest BCUT2D eigenvalue weighted by Crippen LogP contribution is -2.33. The largest absolute Gasteiger partial charge is 0.493 e. The summed E-state index contributed by atoms with van der Waals surface area (Å²) < 4.78 is 16.6. The lowest BCUT2D eigenvalue weighted by atomic mass is 10.1. The minimum Gasteiger partial charge on any atom is -0.493 e. The van der Waals surface area contributed by atoms with E-state index in [9.17, 15) is 5.11 Å². The zero-order valence-corrected chi connectivity index (χ0v) is 17.3. The number of halogens is 1. The van der Waals surface area contributed by atoms with E-state index in [2.05, 4.69) is 10.3 Å². The van der Waals surface area contributed by atoms with Crippen molar-refractivity contribution in [2.75, 3.05) is 27.0 Å². The van der Waals surface area contributed by atoms with E-state index >= 15 is 0 Å². The van der Waals surface area contributed by atoms with Gasteiger partial charge in [0.05, 0.1) is 17.6 Å². The first-order valence-electron chi connectivity index (χ1n) is 9.63. The van der Waals surface area contributed by atoms with Gasteiger partial charge < -0.3 is 24.3 Å². The molecule has 3 N–H and O–H groups in total. The highest BCUT2D eigenvalue weighted by atomic mass is 35.5. The number of hydrogen-bond donors (Lipinski definition) is 3. The number of aromatic amines is 1. The molecule has 4 aromatic rings. The Balaban J connectivity index is 1.31. The zero-order valence-electron chi connectivity index (χ0n) is 16.5. The minimum atomic E-state index is -0.705. The average Bonchev–Trinajstić information content (AvgIpc) is 3.15. The molecule has 0 amide bonds. The molecule has 1 unspecified atom stereocenters. The van der Waals surface area contributed by atoms with Gasteiger partial charge in [0.1, 0.15) is 25.2 Å². The SMILES string of the molecule is COc1ccccc1OCNCC(O)COc1cc(Cl)c2[nH]c3ccccc3c2c1. The maximum absolute atomic E-state index is 10.2. The summed E-state index contributed by atoms with van der Waals surface area (Å²) in [5, 5.41) is 15.9. The van der Waals surface area contributed by atoms with E-state index in [-0.39, 0.29) is 13.3 Å². The third-order valence-electron chi connectivity index (χ3n) is 4.76. The van der Waals surface area contributed by atoms with Crippen LogP contribution in [0.25, 0.3) is 21.8 Å². The predicted molar refractivity (Wildman–Crippen MR) is 119 cm³/mol. The van der Waals surface area contributed by atoms with Gasteiger partial charge in [-0.05, 0) is 24.3 Å². The molecule has 0 fully saturated rings. The number of ether oxygens (including phenoxy) is 3. The Morgan fingerprint density at radius 3 is 2.60 bits per heavy atom. The van der Waals surface area contributed by atoms with Crippen LogP contribution in [0.5, 0.6) is 17.2 Å². The molecule has 3 aromatic carbocycles. The molecule has 0 aliphatic rings. The van der Waals surface area contributed by atoms with Gasteiger partial charge in [0.2, 0.25) is 0 Å². The molecule has 0 aliphatic heterocycles. The Bertz CT molecular complexity index is 1140. The molecule has 1 atom stereocenters. The van der Waals surface area contributed by atoms with Crippen LogP contribution in [0.1, 0.15) is 0 Å². The standard InChI is InChI=1S/C23H23ClN2O4/c1-28-21-8-4-5-9-22(21)30-14-25-12-15(27)13-29-16-10-18-17-6-2-3-7-20(17)26-23(18)19(24)11-16/h2-11,15,25-27H,12-14H2,1H3. The molecule has 156 valence electrons. The van der Waals surface area contributed by atoms with Gasteiger partial charge in [-0.25, -0.2) is 0 Å². The Morgan fingerprint density at radius 1 is 1.00 bits per heavy atom. The first-order valence-corrected chi connectivity index (χ1v) is 10.0. The van der Waals surface area contributed by atoms with Gasteiger partial charge >= 0.3 is 0 Å². The lowest BCUT2D eigenvalue weighted by molar-refractivity contribution is 0.0997. The second-order valence-corrected chi connectivity index (χ2v) is 7.26. The van der Waals surface area contributed by atoms with E-state index in [1.807, 2.05) is 54.6 Å². The predicted octanol–water partition coefficient (Wildman–Crippen LogP) is 4.35. The monoisotopic (exact) mass is 426 g/mol. The highest BCUT2D eigenvalue weighted by molar-refractivity contribution is 6.36. The number of rotatable bonds is 9. The summed E-state index contributed by atoms with van der Waals surface area (Å²) in [6.07, 6.45) is -0.705. The van der Waals surface area contributed by atoms with E-state index < -0.39 is 6.10 Å². The van der Waals surface area contributed by atoms with Crippen molar-refractivity contribution in [1.82, 2.24) is 10.3 Å². The minimum absolute atomic E-state index is 0.131. The quantitative estimate of drug-likeness (QED) is 0.274. The molecule has 0 spiro atoms. The summed E-state index contributed by atoms with van der Waals surface area (Å²) in [4.78, 5) is 3.32. The van der Waals surface area contributed by atoms with Crippen LogP contribution in [0.3, 0.4) is 0 Å². The first-order chi connectivity index (χ1) is 14.7. The van der Waals surface area contributed by atoms with Crippen LogP contribution in [0.2, 0.25) is 5.02 Å². The number of aromatic nitrogens is 1. The summed E-state index contributed by atoms with van der Waals surface area (Å²) in [5.41, 5.74) is 1.90. The topological polar surface area (TPSA) is 75.7 Å². The fraction of sp³-hybridized carbons (Fsp3) is 0.217. The molecule has 7 heteroatoms. The van der Waals surface area contributed by atoms with Crippen LogP contribution in [0.15, 0.2) is 60.7 Å². The summed E-state index contributed by atoms with van der Waals surface area (Å²) >= 11 is 6.42. The Kier molecular flexibility index (Phi) is 6.28. The third-order valence-corrected chi connectivity index (χ3v) is 5.06. The van der Waals surface area contributed by atoms with Gasteiger partial charge in [-0.3, -0.25) is 5.32 Å². The second kappa shape index (κ2) is 9.26. The van der Waals surface area contributed by atoms with Gasteiger partial charge in [0.15, 0.2) is 11.5 Å². The summed E-state index contributed by atoms with van der Waals surface area (Å²) in [6, 6.07) is 19.1. The Morgan fingerprint density at radius 2 is 1.77 bits per heavy atom. The number of benzene rings is 3.